The molecule has 1 heterocycles. The van der Waals surface area contributed by atoms with Crippen LogP contribution >= 0.6 is 11.8 Å². The minimum absolute atomic E-state index is 0.149. The summed E-state index contributed by atoms with van der Waals surface area (Å²) in [5.41, 5.74) is 1.46. The molecule has 0 aliphatic heterocycles. The molecule has 0 radical (unpaired) electrons. The number of tetrazole rings is 1. The van der Waals surface area contributed by atoms with Gasteiger partial charge < -0.3 is 10.1 Å². The Morgan fingerprint density at radius 2 is 2.07 bits per heavy atom. The maximum atomic E-state index is 13.4. The van der Waals surface area contributed by atoms with Crippen LogP contribution < -0.4 is 10.1 Å². The Kier molecular flexibility index (Phi) is 6.02. The van der Waals surface area contributed by atoms with E-state index in [0.29, 0.717) is 17.4 Å². The van der Waals surface area contributed by atoms with Gasteiger partial charge in [-0.25, -0.2) is 4.39 Å². The van der Waals surface area contributed by atoms with Crippen molar-refractivity contribution in [2.75, 3.05) is 7.11 Å². The van der Waals surface area contributed by atoms with E-state index < -0.39 is 5.25 Å². The zero-order chi connectivity index (χ0) is 19.2. The quantitative estimate of drug-likeness (QED) is 0.628. The highest BCUT2D eigenvalue weighted by molar-refractivity contribution is 8.00. The van der Waals surface area contributed by atoms with Crippen molar-refractivity contribution < 1.29 is 13.9 Å². The molecule has 0 aliphatic rings. The summed E-state index contributed by atoms with van der Waals surface area (Å²) < 4.78 is 19.9. The number of amides is 1. The van der Waals surface area contributed by atoms with Gasteiger partial charge in [0.1, 0.15) is 11.6 Å². The summed E-state index contributed by atoms with van der Waals surface area (Å²) in [7, 11) is 1.60. The molecule has 0 fully saturated rings. The van der Waals surface area contributed by atoms with Crippen LogP contribution in [0.4, 0.5) is 4.39 Å². The van der Waals surface area contributed by atoms with Crippen LogP contribution in [0.2, 0.25) is 0 Å². The Labute approximate surface area is 159 Å². The van der Waals surface area contributed by atoms with Gasteiger partial charge in [0.05, 0.1) is 18.0 Å². The molecule has 1 amide bonds. The fraction of sp³-hybridized carbons (Fsp3) is 0.222. The van der Waals surface area contributed by atoms with Gasteiger partial charge in [-0.05, 0) is 53.2 Å². The predicted molar refractivity (Wildman–Crippen MR) is 99.3 cm³/mol. The molecule has 1 atom stereocenters. The van der Waals surface area contributed by atoms with E-state index >= 15 is 0 Å². The number of hydrogen-bond acceptors (Lipinski definition) is 6. The van der Waals surface area contributed by atoms with Crippen LogP contribution in [0.15, 0.2) is 53.7 Å². The number of nitrogens with one attached hydrogen (secondary N) is 1. The molecule has 27 heavy (non-hydrogen) atoms. The lowest BCUT2D eigenvalue weighted by Gasteiger charge is -2.12. The molecule has 1 unspecified atom stereocenters. The van der Waals surface area contributed by atoms with E-state index in [1.807, 2.05) is 24.3 Å². The Morgan fingerprint density at radius 1 is 1.30 bits per heavy atom. The van der Waals surface area contributed by atoms with Crippen molar-refractivity contribution >= 4 is 17.7 Å². The molecule has 140 valence electrons. The van der Waals surface area contributed by atoms with Crippen LogP contribution in [0.3, 0.4) is 0 Å². The number of benzene rings is 2. The summed E-state index contributed by atoms with van der Waals surface area (Å²) >= 11 is 1.20. The van der Waals surface area contributed by atoms with Crippen LogP contribution in [0, 0.1) is 5.82 Å². The van der Waals surface area contributed by atoms with Gasteiger partial charge in [-0.1, -0.05) is 30.0 Å². The minimum atomic E-state index is -0.429. The summed E-state index contributed by atoms with van der Waals surface area (Å²) in [4.78, 5) is 12.4. The smallest absolute Gasteiger partial charge is 0.233 e. The van der Waals surface area contributed by atoms with Crippen molar-refractivity contribution in [3.05, 3.63) is 59.9 Å². The van der Waals surface area contributed by atoms with E-state index in [-0.39, 0.29) is 11.7 Å². The molecule has 0 spiro atoms. The van der Waals surface area contributed by atoms with Crippen LogP contribution in [0.1, 0.15) is 12.5 Å². The van der Waals surface area contributed by atoms with E-state index in [1.165, 1.54) is 28.6 Å². The molecule has 0 saturated heterocycles. The summed E-state index contributed by atoms with van der Waals surface area (Å²) in [6.07, 6.45) is 0. The molecule has 2 aromatic carbocycles. The van der Waals surface area contributed by atoms with Gasteiger partial charge in [0.25, 0.3) is 0 Å². The van der Waals surface area contributed by atoms with E-state index in [2.05, 4.69) is 20.8 Å². The van der Waals surface area contributed by atoms with Gasteiger partial charge in [-0.15, -0.1) is 5.10 Å². The monoisotopic (exact) mass is 387 g/mol. The molecule has 7 nitrogen and oxygen atoms in total. The molecular weight excluding hydrogens is 369 g/mol. The fourth-order valence-corrected chi connectivity index (χ4v) is 3.14. The van der Waals surface area contributed by atoms with E-state index in [9.17, 15) is 9.18 Å². The summed E-state index contributed by atoms with van der Waals surface area (Å²) in [5, 5.41) is 14.3. The molecule has 3 rings (SSSR count). The zero-order valence-corrected chi connectivity index (χ0v) is 15.6. The lowest BCUT2D eigenvalue weighted by Crippen LogP contribution is -2.30. The summed E-state index contributed by atoms with van der Waals surface area (Å²) in [6.45, 7) is 2.17. The molecule has 9 heteroatoms. The number of hydrogen-bond donors (Lipinski definition) is 1. The molecule has 1 N–H and O–H groups in total. The van der Waals surface area contributed by atoms with Gasteiger partial charge in [0.2, 0.25) is 11.1 Å². The third-order valence-electron chi connectivity index (χ3n) is 3.77. The zero-order valence-electron chi connectivity index (χ0n) is 14.8. The maximum Gasteiger partial charge on any atom is 0.233 e. The first-order chi connectivity index (χ1) is 13.1. The first-order valence-corrected chi connectivity index (χ1v) is 9.06. The topological polar surface area (TPSA) is 81.9 Å². The van der Waals surface area contributed by atoms with Crippen molar-refractivity contribution in [2.45, 2.75) is 23.9 Å². The largest absolute Gasteiger partial charge is 0.497 e. The molecular formula is C18H18FN5O2S. The number of thioether (sulfide) groups is 1. The van der Waals surface area contributed by atoms with Gasteiger partial charge in [0.15, 0.2) is 0 Å². The van der Waals surface area contributed by atoms with Crippen molar-refractivity contribution in [3.63, 3.8) is 0 Å². The van der Waals surface area contributed by atoms with Crippen molar-refractivity contribution in [2.24, 2.45) is 0 Å². The highest BCUT2D eigenvalue weighted by Gasteiger charge is 2.19. The van der Waals surface area contributed by atoms with E-state index in [4.69, 9.17) is 4.74 Å². The first-order valence-electron chi connectivity index (χ1n) is 8.18. The second-order valence-corrected chi connectivity index (χ2v) is 6.99. The first kappa shape index (κ1) is 18.8. The van der Waals surface area contributed by atoms with Gasteiger partial charge >= 0.3 is 0 Å². The van der Waals surface area contributed by atoms with Crippen LogP contribution in [0.25, 0.3) is 5.69 Å². The van der Waals surface area contributed by atoms with Crippen LogP contribution in [-0.2, 0) is 11.3 Å². The number of methoxy groups -OCH3 is 1. The minimum Gasteiger partial charge on any atom is -0.497 e. The maximum absolute atomic E-state index is 13.4. The summed E-state index contributed by atoms with van der Waals surface area (Å²) in [6, 6.07) is 13.4. The number of halogens is 1. The standard InChI is InChI=1S/C18H18FN5O2S/c1-12(17(25)20-11-13-6-8-16(26-2)9-7-13)27-18-21-22-23-24(18)15-5-3-4-14(19)10-15/h3-10,12H,11H2,1-2H3,(H,20,25). The predicted octanol–water partition coefficient (Wildman–Crippen LogP) is 2.61. The third-order valence-corrected chi connectivity index (χ3v) is 4.80. The molecule has 0 bridgehead atoms. The second kappa shape index (κ2) is 8.63. The molecule has 0 saturated carbocycles. The number of aromatic nitrogens is 4. The van der Waals surface area contributed by atoms with Gasteiger partial charge in [0, 0.05) is 6.54 Å². The number of carbonyl (C=O) groups is 1. The van der Waals surface area contributed by atoms with Crippen molar-refractivity contribution in [1.29, 1.82) is 0 Å². The fourth-order valence-electron chi connectivity index (χ4n) is 2.31. The van der Waals surface area contributed by atoms with E-state index in [0.717, 1.165) is 11.3 Å². The Hall–Kier alpha value is -2.94. The van der Waals surface area contributed by atoms with Gasteiger partial charge in [-0.2, -0.15) is 4.68 Å². The lowest BCUT2D eigenvalue weighted by molar-refractivity contribution is -0.120. The molecule has 3 aromatic rings. The Morgan fingerprint density at radius 3 is 2.78 bits per heavy atom. The number of ether oxygens (including phenoxy) is 1. The summed E-state index contributed by atoms with van der Waals surface area (Å²) in [5.74, 6) is 0.229. The average molecular weight is 387 g/mol. The van der Waals surface area contributed by atoms with Crippen LogP contribution in [-0.4, -0.2) is 38.5 Å². The molecule has 0 aliphatic carbocycles. The van der Waals surface area contributed by atoms with E-state index in [1.54, 1.807) is 26.2 Å². The lowest BCUT2D eigenvalue weighted by atomic mass is 10.2. The Balaban J connectivity index is 1.61. The average Bonchev–Trinajstić information content (AvgIpc) is 3.14. The normalized spacial score (nSPS) is 11.8. The van der Waals surface area contributed by atoms with Crippen molar-refractivity contribution in [1.82, 2.24) is 25.5 Å². The Bertz CT molecular complexity index is 916. The highest BCUT2D eigenvalue weighted by Crippen LogP contribution is 2.23. The second-order valence-electron chi connectivity index (χ2n) is 5.68. The third kappa shape index (κ3) is 4.82. The van der Waals surface area contributed by atoms with Crippen LogP contribution in [0.5, 0.6) is 5.75 Å². The number of nitrogens with zero attached hydrogens (tertiary/aromatic N) is 4. The number of carbonyl (C=O) groups excluding carboxylic acids is 1. The highest BCUT2D eigenvalue weighted by atomic mass is 32.2. The molecule has 1 aromatic heterocycles. The number of rotatable bonds is 7. The SMILES string of the molecule is COc1ccc(CNC(=O)C(C)Sc2nnnn2-c2cccc(F)c2)cc1. The van der Waals surface area contributed by atoms with Crippen molar-refractivity contribution in [3.8, 4) is 11.4 Å². The van der Waals surface area contributed by atoms with Gasteiger partial charge in [-0.3, -0.25) is 4.79 Å².